The second kappa shape index (κ2) is 8.93. The molecule has 4 rings (SSSR count). The van der Waals surface area contributed by atoms with Gasteiger partial charge < -0.3 is 4.74 Å². The highest BCUT2D eigenvalue weighted by Crippen LogP contribution is 2.26. The van der Waals surface area contributed by atoms with Gasteiger partial charge in [0.1, 0.15) is 17.1 Å². The van der Waals surface area contributed by atoms with Gasteiger partial charge in [0.05, 0.1) is 19.3 Å². The van der Waals surface area contributed by atoms with Crippen LogP contribution >= 0.6 is 11.8 Å². The van der Waals surface area contributed by atoms with Crippen LogP contribution in [0.4, 0.5) is 4.39 Å². The molecule has 160 valence electrons. The van der Waals surface area contributed by atoms with E-state index >= 15 is 0 Å². The topological polar surface area (TPSA) is 61.9 Å². The van der Waals surface area contributed by atoms with Crippen molar-refractivity contribution in [3.8, 4) is 5.75 Å². The molecular weight excluding hydrogens is 415 g/mol. The van der Waals surface area contributed by atoms with Gasteiger partial charge in [-0.2, -0.15) is 5.10 Å². The van der Waals surface area contributed by atoms with Crippen LogP contribution in [-0.4, -0.2) is 26.4 Å². The van der Waals surface area contributed by atoms with Gasteiger partial charge in [0.25, 0.3) is 5.56 Å². The number of halogens is 1. The molecule has 0 saturated carbocycles. The van der Waals surface area contributed by atoms with Gasteiger partial charge in [0.2, 0.25) is 0 Å². The molecule has 0 saturated heterocycles. The van der Waals surface area contributed by atoms with Crippen LogP contribution in [0.3, 0.4) is 0 Å². The Balaban J connectivity index is 1.82. The Bertz CT molecular complexity index is 1280. The van der Waals surface area contributed by atoms with Crippen molar-refractivity contribution in [2.75, 3.05) is 7.11 Å². The van der Waals surface area contributed by atoms with Gasteiger partial charge in [-0.3, -0.25) is 14.0 Å². The van der Waals surface area contributed by atoms with Crippen LogP contribution in [0.2, 0.25) is 0 Å². The fraction of sp³-hybridized carbons (Fsp3) is 0.261. The molecule has 2 aromatic carbocycles. The first-order chi connectivity index (χ1) is 15.0. The van der Waals surface area contributed by atoms with Crippen molar-refractivity contribution >= 4 is 22.8 Å². The Labute approximate surface area is 183 Å². The molecule has 0 N–H and O–H groups in total. The maximum atomic E-state index is 13.6. The number of thioether (sulfide) groups is 1. The molecule has 0 amide bonds. The molecule has 0 aliphatic carbocycles. The van der Waals surface area contributed by atoms with E-state index in [1.165, 1.54) is 23.9 Å². The monoisotopic (exact) mass is 438 g/mol. The van der Waals surface area contributed by atoms with Crippen molar-refractivity contribution in [2.24, 2.45) is 0 Å². The Morgan fingerprint density at radius 2 is 1.87 bits per heavy atom. The third kappa shape index (κ3) is 4.20. The highest BCUT2D eigenvalue weighted by Gasteiger charge is 2.19. The number of hydrogen-bond donors (Lipinski definition) is 0. The van der Waals surface area contributed by atoms with Gasteiger partial charge in [0, 0.05) is 17.9 Å². The molecule has 6 nitrogen and oxygen atoms in total. The van der Waals surface area contributed by atoms with Gasteiger partial charge in [-0.25, -0.2) is 9.37 Å². The normalized spacial score (nSPS) is 11.2. The zero-order chi connectivity index (χ0) is 22.0. The summed E-state index contributed by atoms with van der Waals surface area (Å²) in [6.07, 6.45) is 0. The van der Waals surface area contributed by atoms with E-state index in [-0.39, 0.29) is 11.4 Å². The zero-order valence-electron chi connectivity index (χ0n) is 17.6. The molecular formula is C23H23FN4O2S. The minimum absolute atomic E-state index is 0.139. The minimum atomic E-state index is -0.274. The molecule has 0 aliphatic heterocycles. The average Bonchev–Trinajstić information content (AvgIpc) is 3.11. The quantitative estimate of drug-likeness (QED) is 0.316. The zero-order valence-corrected chi connectivity index (χ0v) is 18.4. The van der Waals surface area contributed by atoms with Crippen LogP contribution in [0.15, 0.2) is 58.5 Å². The fourth-order valence-corrected chi connectivity index (χ4v) is 4.45. The van der Waals surface area contributed by atoms with Gasteiger partial charge in [-0.15, -0.1) is 0 Å². The number of fused-ring (bicyclic) bond motifs is 1. The predicted molar refractivity (Wildman–Crippen MR) is 120 cm³/mol. The Hall–Kier alpha value is -3.13. The van der Waals surface area contributed by atoms with E-state index in [1.54, 1.807) is 28.5 Å². The largest absolute Gasteiger partial charge is 0.496 e. The molecule has 2 aromatic heterocycles. The van der Waals surface area contributed by atoms with Crippen molar-refractivity contribution in [2.45, 2.75) is 37.8 Å². The number of aryl methyl sites for hydroxylation is 2. The summed E-state index contributed by atoms with van der Waals surface area (Å²) in [7, 11) is 1.61. The maximum absolute atomic E-state index is 13.6. The van der Waals surface area contributed by atoms with Crippen LogP contribution in [0.25, 0.3) is 11.0 Å². The lowest BCUT2D eigenvalue weighted by Crippen LogP contribution is -2.25. The van der Waals surface area contributed by atoms with Crippen LogP contribution in [-0.2, 0) is 18.8 Å². The number of nitrogens with zero attached hydrogens (tertiary/aromatic N) is 4. The van der Waals surface area contributed by atoms with E-state index < -0.39 is 0 Å². The second-order valence-electron chi connectivity index (χ2n) is 7.11. The number of hydrogen-bond acceptors (Lipinski definition) is 5. The summed E-state index contributed by atoms with van der Waals surface area (Å²) in [5.74, 6) is 0.999. The number of aromatic nitrogens is 4. The molecule has 0 fully saturated rings. The lowest BCUT2D eigenvalue weighted by molar-refractivity contribution is 0.407. The van der Waals surface area contributed by atoms with Crippen molar-refractivity contribution < 1.29 is 9.13 Å². The van der Waals surface area contributed by atoms with Crippen molar-refractivity contribution in [3.63, 3.8) is 0 Å². The first-order valence-corrected chi connectivity index (χ1v) is 11.0. The number of rotatable bonds is 7. The first kappa shape index (κ1) is 21.1. The van der Waals surface area contributed by atoms with E-state index in [0.29, 0.717) is 40.8 Å². The summed E-state index contributed by atoms with van der Waals surface area (Å²) in [6, 6.07) is 14.0. The molecule has 0 spiro atoms. The van der Waals surface area contributed by atoms with Crippen LogP contribution in [0.1, 0.15) is 23.7 Å². The summed E-state index contributed by atoms with van der Waals surface area (Å²) in [4.78, 5) is 18.4. The molecule has 2 heterocycles. The van der Waals surface area contributed by atoms with Crippen LogP contribution in [0, 0.1) is 12.7 Å². The summed E-state index contributed by atoms with van der Waals surface area (Å²) in [5, 5.41) is 5.07. The predicted octanol–water partition coefficient (Wildman–Crippen LogP) is 4.41. The molecule has 0 unspecified atom stereocenters. The number of ether oxygens (including phenoxy) is 1. The molecule has 8 heteroatoms. The summed E-state index contributed by atoms with van der Waals surface area (Å²) >= 11 is 1.44. The lowest BCUT2D eigenvalue weighted by Gasteiger charge is -2.14. The average molecular weight is 439 g/mol. The Morgan fingerprint density at radius 1 is 1.13 bits per heavy atom. The third-order valence-electron chi connectivity index (χ3n) is 5.08. The molecule has 0 radical (unpaired) electrons. The van der Waals surface area contributed by atoms with Gasteiger partial charge >= 0.3 is 0 Å². The molecule has 31 heavy (non-hydrogen) atoms. The van der Waals surface area contributed by atoms with Crippen LogP contribution < -0.4 is 10.3 Å². The SMILES string of the molecule is CCn1nc(C)c2nc(SCc3ccc(F)cc3)n(Cc3ccccc3OC)c(=O)c21. The van der Waals surface area contributed by atoms with E-state index in [2.05, 4.69) is 5.10 Å². The molecule has 4 aromatic rings. The standard InChI is InChI=1S/C23H23FN4O2S/c1-4-28-21-20(15(2)26-28)25-23(31-14-16-9-11-18(24)12-10-16)27(22(21)29)13-17-7-5-6-8-19(17)30-3/h5-12H,4,13-14H2,1-3H3. The number of benzene rings is 2. The third-order valence-corrected chi connectivity index (χ3v) is 6.13. The van der Waals surface area contributed by atoms with Crippen molar-refractivity contribution in [3.05, 3.63) is 81.5 Å². The Morgan fingerprint density at radius 3 is 2.58 bits per heavy atom. The van der Waals surface area contributed by atoms with E-state index in [4.69, 9.17) is 9.72 Å². The Kier molecular flexibility index (Phi) is 6.08. The molecule has 0 aliphatic rings. The maximum Gasteiger partial charge on any atom is 0.280 e. The molecule has 0 atom stereocenters. The lowest BCUT2D eigenvalue weighted by atomic mass is 10.2. The number of para-hydroxylation sites is 1. The minimum Gasteiger partial charge on any atom is -0.496 e. The van der Waals surface area contributed by atoms with Crippen LogP contribution in [0.5, 0.6) is 5.75 Å². The smallest absolute Gasteiger partial charge is 0.280 e. The van der Waals surface area contributed by atoms with Crippen molar-refractivity contribution in [1.82, 2.24) is 19.3 Å². The summed E-state index contributed by atoms with van der Waals surface area (Å²) in [6.45, 7) is 4.72. The van der Waals surface area contributed by atoms with E-state index in [0.717, 1.165) is 16.8 Å². The van der Waals surface area contributed by atoms with Crippen molar-refractivity contribution in [1.29, 1.82) is 0 Å². The summed E-state index contributed by atoms with van der Waals surface area (Å²) < 4.78 is 22.1. The first-order valence-electron chi connectivity index (χ1n) is 9.99. The fourth-order valence-electron chi connectivity index (χ4n) is 3.50. The van der Waals surface area contributed by atoms with Gasteiger partial charge in [-0.05, 0) is 37.6 Å². The highest BCUT2D eigenvalue weighted by molar-refractivity contribution is 7.98. The number of methoxy groups -OCH3 is 1. The summed E-state index contributed by atoms with van der Waals surface area (Å²) in [5.41, 5.74) is 3.54. The van der Waals surface area contributed by atoms with E-state index in [9.17, 15) is 9.18 Å². The molecule has 0 bridgehead atoms. The van der Waals surface area contributed by atoms with Gasteiger partial charge in [-0.1, -0.05) is 42.1 Å². The highest BCUT2D eigenvalue weighted by atomic mass is 32.2. The van der Waals surface area contributed by atoms with E-state index in [1.807, 2.05) is 38.1 Å². The second-order valence-corrected chi connectivity index (χ2v) is 8.05. The van der Waals surface area contributed by atoms with Gasteiger partial charge in [0.15, 0.2) is 10.7 Å².